The molecule has 0 bridgehead atoms. The molecule has 1 atom stereocenters. The van der Waals surface area contributed by atoms with Gasteiger partial charge >= 0.3 is 0 Å². The highest BCUT2D eigenvalue weighted by Gasteiger charge is 2.13. The first-order chi connectivity index (χ1) is 12.1. The van der Waals surface area contributed by atoms with E-state index in [-0.39, 0.29) is 0 Å². The smallest absolute Gasteiger partial charge is 0.0461 e. The Labute approximate surface area is 152 Å². The van der Waals surface area contributed by atoms with Crippen LogP contribution in [0, 0.1) is 13.8 Å². The number of hydrogen-bond donors (Lipinski definition) is 1. The topological polar surface area (TPSA) is 15.8 Å². The van der Waals surface area contributed by atoms with Crippen molar-refractivity contribution in [3.8, 4) is 0 Å². The average molecular weight is 332 g/mol. The van der Waals surface area contributed by atoms with Gasteiger partial charge in [0.05, 0.1) is 0 Å². The molecule has 0 aliphatic carbocycles. The maximum absolute atomic E-state index is 3.80. The molecule has 0 aliphatic rings. The van der Waals surface area contributed by atoms with Gasteiger partial charge in [0.1, 0.15) is 0 Å². The third-order valence-corrected chi connectivity index (χ3v) is 4.30. The second-order valence-electron chi connectivity index (χ2n) is 6.51. The molecule has 0 fully saturated rings. The number of nitrogens with one attached hydrogen (secondary N) is 1. The van der Waals surface area contributed by atoms with Crippen molar-refractivity contribution in [3.05, 3.63) is 89.7 Å². The summed E-state index contributed by atoms with van der Waals surface area (Å²) in [4.78, 5) is 3.61. The number of fused-ring (bicyclic) bond motifs is 1. The van der Waals surface area contributed by atoms with Crippen molar-refractivity contribution in [2.24, 2.45) is 0 Å². The van der Waals surface area contributed by atoms with E-state index in [1.54, 1.807) is 0 Å². The van der Waals surface area contributed by atoms with Crippen molar-refractivity contribution in [2.45, 2.75) is 40.0 Å². The zero-order chi connectivity index (χ0) is 18.2. The fourth-order valence-electron chi connectivity index (χ4n) is 2.97. The Morgan fingerprint density at radius 2 is 1.68 bits per heavy atom. The molecule has 1 heterocycles. The van der Waals surface area contributed by atoms with Crippen LogP contribution in [-0.4, -0.2) is 4.98 Å². The molecule has 1 heteroatoms. The van der Waals surface area contributed by atoms with E-state index in [4.69, 9.17) is 0 Å². The van der Waals surface area contributed by atoms with Crippen molar-refractivity contribution >= 4 is 17.0 Å². The minimum Gasteiger partial charge on any atom is -0.355 e. The van der Waals surface area contributed by atoms with E-state index in [9.17, 15) is 0 Å². The molecule has 1 N–H and O–H groups in total. The Morgan fingerprint density at radius 3 is 2.32 bits per heavy atom. The van der Waals surface area contributed by atoms with Gasteiger partial charge in [0.15, 0.2) is 0 Å². The molecule has 1 aromatic carbocycles. The SMILES string of the molecule is C=CC/C=C\c1[nH]c2ccc(C)ccc(C)ccc2c1C(C)/C=C\C. The van der Waals surface area contributed by atoms with Crippen LogP contribution in [0.15, 0.2) is 67.3 Å². The number of aromatic nitrogens is 1. The highest BCUT2D eigenvalue weighted by Crippen LogP contribution is 2.30. The number of rotatable bonds is 5. The van der Waals surface area contributed by atoms with Crippen LogP contribution >= 0.6 is 0 Å². The molecule has 0 radical (unpaired) electrons. The zero-order valence-corrected chi connectivity index (χ0v) is 15.8. The Balaban J connectivity index is 2.82. The van der Waals surface area contributed by atoms with Gasteiger partial charge in [-0.2, -0.15) is 0 Å². The van der Waals surface area contributed by atoms with Crippen LogP contribution in [0.25, 0.3) is 17.0 Å². The molecule has 2 rings (SSSR count). The van der Waals surface area contributed by atoms with E-state index in [0.29, 0.717) is 5.92 Å². The molecule has 0 aliphatic heterocycles. The molecule has 1 aromatic heterocycles. The third kappa shape index (κ3) is 4.96. The van der Waals surface area contributed by atoms with E-state index in [1.165, 1.54) is 27.8 Å². The van der Waals surface area contributed by atoms with Crippen LogP contribution < -0.4 is 0 Å². The quantitative estimate of drug-likeness (QED) is 0.559. The molecule has 1 unspecified atom stereocenters. The summed E-state index contributed by atoms with van der Waals surface area (Å²) in [5.41, 5.74) is 6.15. The monoisotopic (exact) mass is 331 g/mol. The summed E-state index contributed by atoms with van der Waals surface area (Å²) >= 11 is 0. The molecule has 130 valence electrons. The minimum atomic E-state index is 0.343. The maximum atomic E-state index is 3.80. The summed E-state index contributed by atoms with van der Waals surface area (Å²) in [6, 6.07) is 13.1. The molecule has 25 heavy (non-hydrogen) atoms. The van der Waals surface area contributed by atoms with Gasteiger partial charge in [0.2, 0.25) is 0 Å². The number of hydrogen-bond acceptors (Lipinski definition) is 0. The number of H-pyrrole nitrogens is 1. The van der Waals surface area contributed by atoms with Gasteiger partial charge in [0, 0.05) is 22.5 Å². The second-order valence-corrected chi connectivity index (χ2v) is 6.51. The summed E-state index contributed by atoms with van der Waals surface area (Å²) in [6.45, 7) is 12.4. The molecule has 0 saturated carbocycles. The molecular weight excluding hydrogens is 302 g/mol. The van der Waals surface area contributed by atoms with Gasteiger partial charge in [0.25, 0.3) is 0 Å². The van der Waals surface area contributed by atoms with Gasteiger partial charge in [-0.1, -0.05) is 72.7 Å². The summed E-state index contributed by atoms with van der Waals surface area (Å²) in [7, 11) is 0. The van der Waals surface area contributed by atoms with Gasteiger partial charge in [-0.25, -0.2) is 0 Å². The summed E-state index contributed by atoms with van der Waals surface area (Å²) < 4.78 is 0. The number of allylic oxidation sites excluding steroid dienone is 4. The van der Waals surface area contributed by atoms with Crippen LogP contribution in [0.5, 0.6) is 0 Å². The minimum absolute atomic E-state index is 0.343. The average Bonchev–Trinajstić information content (AvgIpc) is 2.94. The number of aromatic amines is 1. The normalized spacial score (nSPS) is 12.6. The van der Waals surface area contributed by atoms with E-state index in [0.717, 1.165) is 11.9 Å². The fraction of sp³-hybridized carbons (Fsp3) is 0.250. The molecule has 0 spiro atoms. The van der Waals surface area contributed by atoms with E-state index in [2.05, 4.69) is 100.0 Å². The summed E-state index contributed by atoms with van der Waals surface area (Å²) in [5.74, 6) is 0.343. The van der Waals surface area contributed by atoms with Crippen LogP contribution in [0.3, 0.4) is 0 Å². The lowest BCUT2D eigenvalue weighted by Gasteiger charge is -2.07. The largest absolute Gasteiger partial charge is 0.355 e. The van der Waals surface area contributed by atoms with Crippen molar-refractivity contribution < 1.29 is 0 Å². The Hall–Kier alpha value is -2.54. The molecule has 0 amide bonds. The van der Waals surface area contributed by atoms with E-state index >= 15 is 0 Å². The lowest BCUT2D eigenvalue weighted by Crippen LogP contribution is -1.90. The van der Waals surface area contributed by atoms with Crippen molar-refractivity contribution in [3.63, 3.8) is 0 Å². The molecule has 1 nitrogen and oxygen atoms in total. The zero-order valence-electron chi connectivity index (χ0n) is 15.8. The van der Waals surface area contributed by atoms with Crippen LogP contribution in [0.4, 0.5) is 0 Å². The van der Waals surface area contributed by atoms with Gasteiger partial charge in [-0.3, -0.25) is 0 Å². The Kier molecular flexibility index (Phi) is 6.82. The maximum Gasteiger partial charge on any atom is 0.0461 e. The van der Waals surface area contributed by atoms with Gasteiger partial charge in [-0.15, -0.1) is 6.58 Å². The molecular formula is C24H29N. The molecule has 0 saturated heterocycles. The third-order valence-electron chi connectivity index (χ3n) is 4.30. The first-order valence-electron chi connectivity index (χ1n) is 8.94. The van der Waals surface area contributed by atoms with Crippen molar-refractivity contribution in [2.75, 3.05) is 0 Å². The first-order valence-corrected chi connectivity index (χ1v) is 8.94. The first kappa shape index (κ1) is 18.8. The van der Waals surface area contributed by atoms with Crippen LogP contribution in [0.1, 0.15) is 48.6 Å². The van der Waals surface area contributed by atoms with Crippen molar-refractivity contribution in [1.82, 2.24) is 4.98 Å². The molecule has 2 aromatic rings. The summed E-state index contributed by atoms with van der Waals surface area (Å²) in [5, 5.41) is 1.27. The van der Waals surface area contributed by atoms with Crippen molar-refractivity contribution in [1.29, 1.82) is 0 Å². The Morgan fingerprint density at radius 1 is 1.04 bits per heavy atom. The standard InChI is InChI=1S/C24H29N/c1-6-8-9-11-23-24(20(5)10-7-2)21-16-14-18(3)12-13-19(4)15-17-22(21)25-23/h6-7,9-17,20,25H,1,8H2,2-5H3/b10-7-,11-9-,13-12?,16-14?,17-15?,18-12?,18-14?,19-13?,19-15?,21-16?,22-17?. The predicted octanol–water partition coefficient (Wildman–Crippen LogP) is 7.18. The van der Waals surface area contributed by atoms with Gasteiger partial charge < -0.3 is 4.98 Å². The second kappa shape index (κ2) is 9.08. The lowest BCUT2D eigenvalue weighted by molar-refractivity contribution is 0.971. The highest BCUT2D eigenvalue weighted by atomic mass is 14.7. The van der Waals surface area contributed by atoms with Crippen LogP contribution in [-0.2, 0) is 0 Å². The highest BCUT2D eigenvalue weighted by molar-refractivity contribution is 5.87. The Bertz CT molecular complexity index is 848. The summed E-state index contributed by atoms with van der Waals surface area (Å²) in [6.07, 6.45) is 11.5. The van der Waals surface area contributed by atoms with Gasteiger partial charge in [-0.05, 0) is 44.9 Å². The predicted molar refractivity (Wildman–Crippen MR) is 112 cm³/mol. The van der Waals surface area contributed by atoms with Crippen LogP contribution in [0.2, 0.25) is 0 Å². The van der Waals surface area contributed by atoms with E-state index in [1.807, 2.05) is 6.08 Å². The number of aryl methyl sites for hydroxylation is 2. The van der Waals surface area contributed by atoms with E-state index < -0.39 is 0 Å². The lowest BCUT2D eigenvalue weighted by atomic mass is 9.97. The fourth-order valence-corrected chi connectivity index (χ4v) is 2.97.